The van der Waals surface area contributed by atoms with Crippen LogP contribution in [0.15, 0.2) is 0 Å². The minimum atomic E-state index is -1.26. The molecule has 0 aliphatic carbocycles. The number of Topliss-reactive ketones (excluding diaryl/α,β-unsaturated/α-hetero) is 1. The predicted octanol–water partition coefficient (Wildman–Crippen LogP) is 0.296. The first-order valence-corrected chi connectivity index (χ1v) is 8.31. The van der Waals surface area contributed by atoms with E-state index < -0.39 is 54.4 Å². The molecular formula is C17H24O10. The third-order valence-corrected chi connectivity index (χ3v) is 3.63. The fourth-order valence-electron chi connectivity index (χ4n) is 2.80. The van der Waals surface area contributed by atoms with Gasteiger partial charge in [-0.05, 0) is 6.92 Å². The Balaban J connectivity index is 3.29. The summed E-state index contributed by atoms with van der Waals surface area (Å²) in [7, 11) is 0. The summed E-state index contributed by atoms with van der Waals surface area (Å²) in [5.41, 5.74) is 0. The second kappa shape index (κ2) is 10.0. The normalized spacial score (nSPS) is 27.2. The van der Waals surface area contributed by atoms with Crippen molar-refractivity contribution in [2.24, 2.45) is 5.92 Å². The highest BCUT2D eigenvalue weighted by Crippen LogP contribution is 2.34. The first-order chi connectivity index (χ1) is 12.5. The van der Waals surface area contributed by atoms with Crippen LogP contribution >= 0.6 is 0 Å². The quantitative estimate of drug-likeness (QED) is 0.443. The molecule has 152 valence electrons. The van der Waals surface area contributed by atoms with Crippen LogP contribution in [0.1, 0.15) is 41.0 Å². The molecule has 0 bridgehead atoms. The number of hydrogen-bond donors (Lipinski definition) is 0. The van der Waals surface area contributed by atoms with Crippen LogP contribution in [0.2, 0.25) is 0 Å². The summed E-state index contributed by atoms with van der Waals surface area (Å²) in [6.45, 7) is 5.58. The Morgan fingerprint density at radius 2 is 1.26 bits per heavy atom. The molecule has 5 atom stereocenters. The van der Waals surface area contributed by atoms with E-state index in [1.54, 1.807) is 0 Å². The fourth-order valence-corrected chi connectivity index (χ4v) is 2.80. The molecule has 10 nitrogen and oxygen atoms in total. The van der Waals surface area contributed by atoms with E-state index in [4.69, 9.17) is 23.7 Å². The van der Waals surface area contributed by atoms with Crippen LogP contribution < -0.4 is 0 Å². The fraction of sp³-hybridized carbons (Fsp3) is 0.706. The lowest BCUT2D eigenvalue weighted by atomic mass is 9.86. The van der Waals surface area contributed by atoms with Crippen molar-refractivity contribution in [3.63, 3.8) is 0 Å². The Labute approximate surface area is 156 Å². The van der Waals surface area contributed by atoms with E-state index >= 15 is 0 Å². The lowest BCUT2D eigenvalue weighted by molar-refractivity contribution is -0.283. The van der Waals surface area contributed by atoms with E-state index in [1.807, 2.05) is 0 Å². The first kappa shape index (κ1) is 22.6. The van der Waals surface area contributed by atoms with Gasteiger partial charge in [-0.1, -0.05) is 0 Å². The molecule has 1 rings (SSSR count). The molecule has 0 N–H and O–H groups in total. The zero-order valence-corrected chi connectivity index (χ0v) is 15.9. The SMILES string of the molecule is CC(=O)C[C@@H]1[C@@H](OC(C)=O)O[C@H](COC(C)=O)[C@@H](OC(C)=O)[C@@H]1OC(C)=O. The molecule has 1 saturated heterocycles. The van der Waals surface area contributed by atoms with Gasteiger partial charge in [0.1, 0.15) is 18.5 Å². The van der Waals surface area contributed by atoms with Crippen molar-refractivity contribution in [3.8, 4) is 0 Å². The van der Waals surface area contributed by atoms with Gasteiger partial charge in [0, 0.05) is 34.1 Å². The summed E-state index contributed by atoms with van der Waals surface area (Å²) in [5, 5.41) is 0. The van der Waals surface area contributed by atoms with Crippen LogP contribution in [0, 0.1) is 5.92 Å². The van der Waals surface area contributed by atoms with E-state index in [2.05, 4.69) is 0 Å². The molecule has 0 aromatic carbocycles. The molecule has 1 aliphatic heterocycles. The summed E-state index contributed by atoms with van der Waals surface area (Å²) in [5.74, 6) is -3.88. The predicted molar refractivity (Wildman–Crippen MR) is 87.0 cm³/mol. The van der Waals surface area contributed by atoms with Crippen LogP contribution in [-0.4, -0.2) is 60.9 Å². The molecule has 0 saturated carbocycles. The molecule has 1 aliphatic rings. The summed E-state index contributed by atoms with van der Waals surface area (Å²) in [6, 6.07) is 0. The van der Waals surface area contributed by atoms with Crippen molar-refractivity contribution >= 4 is 29.7 Å². The molecule has 1 heterocycles. The van der Waals surface area contributed by atoms with Gasteiger partial charge in [-0.25, -0.2) is 0 Å². The van der Waals surface area contributed by atoms with Crippen LogP contribution in [0.3, 0.4) is 0 Å². The third-order valence-electron chi connectivity index (χ3n) is 3.63. The summed E-state index contributed by atoms with van der Waals surface area (Å²) < 4.78 is 26.2. The highest BCUT2D eigenvalue weighted by molar-refractivity contribution is 5.76. The topological polar surface area (TPSA) is 132 Å². The zero-order valence-electron chi connectivity index (χ0n) is 15.9. The lowest BCUT2D eigenvalue weighted by Crippen LogP contribution is -2.59. The molecule has 0 amide bonds. The molecule has 0 radical (unpaired) electrons. The van der Waals surface area contributed by atoms with Gasteiger partial charge in [0.05, 0.1) is 5.92 Å². The lowest BCUT2D eigenvalue weighted by Gasteiger charge is -2.44. The van der Waals surface area contributed by atoms with Crippen molar-refractivity contribution in [3.05, 3.63) is 0 Å². The highest BCUT2D eigenvalue weighted by Gasteiger charge is 2.51. The first-order valence-electron chi connectivity index (χ1n) is 8.31. The Morgan fingerprint density at radius 1 is 0.741 bits per heavy atom. The van der Waals surface area contributed by atoms with E-state index in [-0.39, 0.29) is 18.8 Å². The smallest absolute Gasteiger partial charge is 0.304 e. The van der Waals surface area contributed by atoms with Crippen LogP contribution in [-0.2, 0) is 47.7 Å². The molecule has 0 aromatic rings. The second-order valence-electron chi connectivity index (χ2n) is 6.17. The number of ketones is 1. The van der Waals surface area contributed by atoms with E-state index in [0.717, 1.165) is 20.8 Å². The largest absolute Gasteiger partial charge is 0.463 e. The summed E-state index contributed by atoms with van der Waals surface area (Å²) in [4.78, 5) is 57.4. The Bertz CT molecular complexity index is 599. The van der Waals surface area contributed by atoms with Crippen LogP contribution in [0.4, 0.5) is 0 Å². The zero-order chi connectivity index (χ0) is 20.7. The van der Waals surface area contributed by atoms with E-state index in [1.165, 1.54) is 13.8 Å². The molecular weight excluding hydrogens is 364 g/mol. The minimum absolute atomic E-state index is 0.159. The van der Waals surface area contributed by atoms with Crippen molar-refractivity contribution < 1.29 is 47.7 Å². The van der Waals surface area contributed by atoms with E-state index in [9.17, 15) is 24.0 Å². The third kappa shape index (κ3) is 7.33. The molecule has 1 fully saturated rings. The van der Waals surface area contributed by atoms with Gasteiger partial charge in [-0.15, -0.1) is 0 Å². The van der Waals surface area contributed by atoms with Crippen molar-refractivity contribution in [2.75, 3.05) is 6.61 Å². The molecule has 0 unspecified atom stereocenters. The van der Waals surface area contributed by atoms with Gasteiger partial charge in [-0.2, -0.15) is 0 Å². The average molecular weight is 388 g/mol. The standard InChI is InChI=1S/C17H24O10/c1-8(18)6-13-15(24-10(3)20)16(25-11(4)21)14(7-23-9(2)19)27-17(13)26-12(5)22/h13-17H,6-7H2,1-5H3/t13-,14+,15+,16+,17-/m0/s1. The maximum absolute atomic E-state index is 11.7. The van der Waals surface area contributed by atoms with Crippen molar-refractivity contribution in [1.29, 1.82) is 0 Å². The Morgan fingerprint density at radius 3 is 1.70 bits per heavy atom. The molecule has 10 heteroatoms. The Hall–Kier alpha value is -2.49. The Kier molecular flexibility index (Phi) is 8.35. The maximum atomic E-state index is 11.7. The van der Waals surface area contributed by atoms with Gasteiger partial charge in [-0.3, -0.25) is 19.2 Å². The van der Waals surface area contributed by atoms with Gasteiger partial charge < -0.3 is 28.5 Å². The van der Waals surface area contributed by atoms with E-state index in [0.29, 0.717) is 0 Å². The summed E-state index contributed by atoms with van der Waals surface area (Å²) in [6.07, 6.45) is -4.80. The van der Waals surface area contributed by atoms with Gasteiger partial charge in [0.2, 0.25) is 6.29 Å². The van der Waals surface area contributed by atoms with Gasteiger partial charge in [0.25, 0.3) is 0 Å². The summed E-state index contributed by atoms with van der Waals surface area (Å²) >= 11 is 0. The molecule has 0 spiro atoms. The number of ether oxygens (including phenoxy) is 5. The number of hydrogen-bond acceptors (Lipinski definition) is 10. The van der Waals surface area contributed by atoms with Crippen molar-refractivity contribution in [1.82, 2.24) is 0 Å². The van der Waals surface area contributed by atoms with Crippen molar-refractivity contribution in [2.45, 2.75) is 65.6 Å². The van der Waals surface area contributed by atoms with Gasteiger partial charge >= 0.3 is 23.9 Å². The molecule has 27 heavy (non-hydrogen) atoms. The number of rotatable bonds is 7. The monoisotopic (exact) mass is 388 g/mol. The maximum Gasteiger partial charge on any atom is 0.304 e. The average Bonchev–Trinajstić information content (AvgIpc) is 2.49. The van der Waals surface area contributed by atoms with Gasteiger partial charge in [0.15, 0.2) is 12.2 Å². The second-order valence-corrected chi connectivity index (χ2v) is 6.17. The molecule has 0 aromatic heterocycles. The highest BCUT2D eigenvalue weighted by atomic mass is 16.7. The number of carbonyl (C=O) groups is 5. The number of esters is 4. The van der Waals surface area contributed by atoms with Crippen LogP contribution in [0.5, 0.6) is 0 Å². The number of carbonyl (C=O) groups excluding carboxylic acids is 5. The minimum Gasteiger partial charge on any atom is -0.463 e. The van der Waals surface area contributed by atoms with Crippen LogP contribution in [0.25, 0.3) is 0 Å².